The van der Waals surface area contributed by atoms with Crippen LogP contribution in [0.4, 0.5) is 0 Å². The largest absolute Gasteiger partial charge is 0.415 e. The lowest BCUT2D eigenvalue weighted by Crippen LogP contribution is -1.95. The van der Waals surface area contributed by atoms with Gasteiger partial charge in [-0.15, -0.1) is 10.2 Å². The summed E-state index contributed by atoms with van der Waals surface area (Å²) in [7, 11) is 0. The first-order chi connectivity index (χ1) is 11.8. The molecule has 0 N–H and O–H groups in total. The van der Waals surface area contributed by atoms with Gasteiger partial charge in [0.2, 0.25) is 5.89 Å². The van der Waals surface area contributed by atoms with Crippen LogP contribution < -0.4 is 0 Å². The van der Waals surface area contributed by atoms with Crippen molar-refractivity contribution >= 4 is 0 Å². The van der Waals surface area contributed by atoms with E-state index in [0.717, 1.165) is 22.5 Å². The van der Waals surface area contributed by atoms with E-state index >= 15 is 0 Å². The number of pyridine rings is 1. The van der Waals surface area contributed by atoms with Crippen molar-refractivity contribution < 1.29 is 5.84 Å². The predicted molar refractivity (Wildman–Crippen MR) is 90.8 cm³/mol. The van der Waals surface area contributed by atoms with Crippen LogP contribution in [0, 0.1) is 6.92 Å². The lowest BCUT2D eigenvalue weighted by atomic mass is 10.2. The van der Waals surface area contributed by atoms with E-state index in [9.17, 15) is 0 Å². The van der Waals surface area contributed by atoms with E-state index in [2.05, 4.69) is 25.1 Å². The molecule has 0 aliphatic rings. The Balaban J connectivity index is 0.00000182. The molecule has 3 aromatic heterocycles. The zero-order chi connectivity index (χ0) is 16.4. The average molecular weight is 317 g/mol. The van der Waals surface area contributed by atoms with Crippen LogP contribution in [0.15, 0.2) is 65.5 Å². The van der Waals surface area contributed by atoms with Crippen molar-refractivity contribution in [1.82, 2.24) is 25.1 Å². The van der Waals surface area contributed by atoms with Crippen LogP contribution in [0.1, 0.15) is 7.12 Å². The number of nitrogens with zero attached hydrogens (tertiary/aromatic N) is 5. The lowest BCUT2D eigenvalue weighted by Gasteiger charge is -2.04. The van der Waals surface area contributed by atoms with Crippen LogP contribution in [0.2, 0.25) is 0 Å². The Kier molecular flexibility index (Phi) is 3.55. The van der Waals surface area contributed by atoms with E-state index in [4.69, 9.17) is 4.42 Å². The fourth-order valence-electron chi connectivity index (χ4n) is 2.33. The summed E-state index contributed by atoms with van der Waals surface area (Å²) in [6.45, 7) is 1.87. The standard InChI is InChI=1S/C18H13N5O.H2/c1-12-16(21-15(11-20-12)13-7-9-19-10-8-13)18-23-22-17(24-18)14-5-3-2-4-6-14;/h2-11H,1H3;1H. The first-order valence-corrected chi connectivity index (χ1v) is 7.44. The van der Waals surface area contributed by atoms with Crippen molar-refractivity contribution in [3.05, 3.63) is 66.7 Å². The normalized spacial score (nSPS) is 10.7. The van der Waals surface area contributed by atoms with Gasteiger partial charge < -0.3 is 4.42 Å². The van der Waals surface area contributed by atoms with Crippen molar-refractivity contribution in [1.29, 1.82) is 0 Å². The van der Waals surface area contributed by atoms with E-state index in [1.807, 2.05) is 49.4 Å². The van der Waals surface area contributed by atoms with Crippen LogP contribution in [0.5, 0.6) is 0 Å². The minimum atomic E-state index is 0. The molecule has 3 heterocycles. The maximum atomic E-state index is 5.79. The zero-order valence-corrected chi connectivity index (χ0v) is 12.9. The van der Waals surface area contributed by atoms with Crippen molar-refractivity contribution in [3.63, 3.8) is 0 Å². The van der Waals surface area contributed by atoms with Gasteiger partial charge in [0.15, 0.2) is 0 Å². The van der Waals surface area contributed by atoms with Gasteiger partial charge in [0.25, 0.3) is 5.89 Å². The smallest absolute Gasteiger partial charge is 0.268 e. The van der Waals surface area contributed by atoms with Gasteiger partial charge in [-0.3, -0.25) is 9.97 Å². The van der Waals surface area contributed by atoms with Crippen LogP contribution in [-0.4, -0.2) is 25.1 Å². The van der Waals surface area contributed by atoms with Gasteiger partial charge in [-0.2, -0.15) is 0 Å². The molecule has 6 heteroatoms. The maximum absolute atomic E-state index is 5.79. The van der Waals surface area contributed by atoms with Crippen LogP contribution in [-0.2, 0) is 0 Å². The quantitative estimate of drug-likeness (QED) is 0.572. The van der Waals surface area contributed by atoms with Gasteiger partial charge in [0.05, 0.1) is 17.6 Å². The molecule has 0 unspecified atom stereocenters. The number of benzene rings is 1. The second-order valence-electron chi connectivity index (χ2n) is 5.20. The summed E-state index contributed by atoms with van der Waals surface area (Å²) >= 11 is 0. The van der Waals surface area contributed by atoms with E-state index in [0.29, 0.717) is 17.5 Å². The number of rotatable bonds is 3. The zero-order valence-electron chi connectivity index (χ0n) is 12.9. The molecule has 1 aromatic carbocycles. The summed E-state index contributed by atoms with van der Waals surface area (Å²) in [4.78, 5) is 13.1. The molecule has 4 aromatic rings. The molecular formula is C18H15N5O. The summed E-state index contributed by atoms with van der Waals surface area (Å²) < 4.78 is 5.79. The third-order valence-electron chi connectivity index (χ3n) is 3.58. The molecule has 118 valence electrons. The molecule has 0 bridgehead atoms. The highest BCUT2D eigenvalue weighted by Crippen LogP contribution is 2.26. The lowest BCUT2D eigenvalue weighted by molar-refractivity contribution is 0.581. The average Bonchev–Trinajstić information content (AvgIpc) is 3.13. The third kappa shape index (κ3) is 2.65. The molecule has 0 amide bonds. The highest BCUT2D eigenvalue weighted by Gasteiger charge is 2.15. The van der Waals surface area contributed by atoms with Gasteiger partial charge in [-0.05, 0) is 31.2 Å². The molecule has 4 rings (SSSR count). The molecule has 6 nitrogen and oxygen atoms in total. The summed E-state index contributed by atoms with van der Waals surface area (Å²) in [6, 6.07) is 13.4. The molecule has 0 atom stereocenters. The van der Waals surface area contributed by atoms with Gasteiger partial charge in [0.1, 0.15) is 5.69 Å². The first-order valence-electron chi connectivity index (χ1n) is 7.44. The SMILES string of the molecule is Cc1ncc(-c2ccncc2)nc1-c1nnc(-c2ccccc2)o1.[HH]. The first kappa shape index (κ1) is 14.2. The Bertz CT molecular complexity index is 973. The second-order valence-corrected chi connectivity index (χ2v) is 5.20. The molecule has 0 radical (unpaired) electrons. The fourth-order valence-corrected chi connectivity index (χ4v) is 2.33. The minimum absolute atomic E-state index is 0. The Morgan fingerprint density at radius 1 is 0.875 bits per heavy atom. The summed E-state index contributed by atoms with van der Waals surface area (Å²) in [5.74, 6) is 0.816. The molecule has 0 fully saturated rings. The summed E-state index contributed by atoms with van der Waals surface area (Å²) in [5, 5.41) is 8.24. The molecular weight excluding hydrogens is 302 g/mol. The van der Waals surface area contributed by atoms with Gasteiger partial charge in [-0.1, -0.05) is 18.2 Å². The van der Waals surface area contributed by atoms with Crippen molar-refractivity contribution in [3.8, 4) is 34.3 Å². The topological polar surface area (TPSA) is 77.6 Å². The van der Waals surface area contributed by atoms with E-state index < -0.39 is 0 Å². The number of aryl methyl sites for hydroxylation is 1. The maximum Gasteiger partial charge on any atom is 0.268 e. The third-order valence-corrected chi connectivity index (χ3v) is 3.58. The van der Waals surface area contributed by atoms with Crippen molar-refractivity contribution in [2.45, 2.75) is 6.92 Å². The molecule has 0 saturated carbocycles. The van der Waals surface area contributed by atoms with Crippen LogP contribution >= 0.6 is 0 Å². The molecule has 24 heavy (non-hydrogen) atoms. The Labute approximate surface area is 139 Å². The minimum Gasteiger partial charge on any atom is -0.415 e. The highest BCUT2D eigenvalue weighted by molar-refractivity contribution is 5.62. The highest BCUT2D eigenvalue weighted by atomic mass is 16.4. The van der Waals surface area contributed by atoms with E-state index in [1.54, 1.807) is 18.6 Å². The fraction of sp³-hybridized carbons (Fsp3) is 0.0556. The van der Waals surface area contributed by atoms with E-state index in [1.165, 1.54) is 0 Å². The van der Waals surface area contributed by atoms with Crippen LogP contribution in [0.25, 0.3) is 34.3 Å². The van der Waals surface area contributed by atoms with Crippen LogP contribution in [0.3, 0.4) is 0 Å². The monoisotopic (exact) mass is 317 g/mol. The summed E-state index contributed by atoms with van der Waals surface area (Å²) in [5.41, 5.74) is 3.85. The number of hydrogen-bond donors (Lipinski definition) is 0. The Hall–Kier alpha value is -3.41. The number of aromatic nitrogens is 5. The number of hydrogen-bond acceptors (Lipinski definition) is 6. The molecule has 0 aliphatic carbocycles. The van der Waals surface area contributed by atoms with Gasteiger partial charge >= 0.3 is 0 Å². The van der Waals surface area contributed by atoms with Crippen molar-refractivity contribution in [2.24, 2.45) is 0 Å². The molecule has 0 spiro atoms. The summed E-state index contributed by atoms with van der Waals surface area (Å²) in [6.07, 6.45) is 5.16. The Morgan fingerprint density at radius 2 is 1.62 bits per heavy atom. The molecule has 0 saturated heterocycles. The van der Waals surface area contributed by atoms with E-state index in [-0.39, 0.29) is 1.43 Å². The van der Waals surface area contributed by atoms with Gasteiger partial charge in [0, 0.05) is 24.9 Å². The van der Waals surface area contributed by atoms with Gasteiger partial charge in [-0.25, -0.2) is 4.98 Å². The predicted octanol–water partition coefficient (Wildman–Crippen LogP) is 3.81. The Morgan fingerprint density at radius 3 is 2.42 bits per heavy atom. The van der Waals surface area contributed by atoms with Crippen molar-refractivity contribution in [2.75, 3.05) is 0 Å². The molecule has 0 aliphatic heterocycles. The second kappa shape index (κ2) is 6.00.